The molecule has 0 amide bonds. The quantitative estimate of drug-likeness (QED) is 0.478. The molecule has 0 aliphatic carbocycles. The molecule has 1 heterocycles. The number of nitrogen functional groups attached to an aromatic ring is 1. The van der Waals surface area contributed by atoms with Crippen molar-refractivity contribution in [3.63, 3.8) is 0 Å². The van der Waals surface area contributed by atoms with Crippen molar-refractivity contribution in [1.29, 1.82) is 0 Å². The number of nitro benzene ring substituents is 1. The van der Waals surface area contributed by atoms with Crippen molar-refractivity contribution in [3.8, 4) is 0 Å². The molecule has 1 aromatic carbocycles. The average molecular weight is 280 g/mol. The van der Waals surface area contributed by atoms with E-state index in [4.69, 9.17) is 10.8 Å². The molecule has 7 nitrogen and oxygen atoms in total. The van der Waals surface area contributed by atoms with Gasteiger partial charge in [-0.3, -0.25) is 15.0 Å². The summed E-state index contributed by atoms with van der Waals surface area (Å²) in [6, 6.07) is 4.61. The number of nitro groups is 1. The fraction of sp³-hybridized carbons (Fsp3) is 0.538. The van der Waals surface area contributed by atoms with E-state index in [0.29, 0.717) is 12.2 Å². The van der Waals surface area contributed by atoms with E-state index in [1.54, 1.807) is 6.07 Å². The molecule has 0 spiro atoms. The van der Waals surface area contributed by atoms with Gasteiger partial charge >= 0.3 is 0 Å². The average Bonchev–Trinajstić information content (AvgIpc) is 2.65. The molecule has 110 valence electrons. The van der Waals surface area contributed by atoms with E-state index in [-0.39, 0.29) is 12.3 Å². The molecule has 0 saturated carbocycles. The molecule has 0 atom stereocenters. The molecule has 0 unspecified atom stereocenters. The summed E-state index contributed by atoms with van der Waals surface area (Å²) in [4.78, 5) is 14.6. The number of non-ortho nitro benzene ring substituents is 1. The van der Waals surface area contributed by atoms with Gasteiger partial charge in [-0.2, -0.15) is 0 Å². The number of nitrogens with two attached hydrogens (primary N) is 1. The summed E-state index contributed by atoms with van der Waals surface area (Å²) in [5.41, 5.74) is 7.24. The van der Waals surface area contributed by atoms with E-state index in [9.17, 15) is 10.1 Å². The van der Waals surface area contributed by atoms with E-state index in [2.05, 4.69) is 9.80 Å². The number of anilines is 2. The Hall–Kier alpha value is -1.86. The van der Waals surface area contributed by atoms with Crippen LogP contribution >= 0.6 is 0 Å². The van der Waals surface area contributed by atoms with E-state index >= 15 is 0 Å². The zero-order valence-electron chi connectivity index (χ0n) is 11.4. The Kier molecular flexibility index (Phi) is 4.75. The van der Waals surface area contributed by atoms with Crippen LogP contribution in [-0.4, -0.2) is 54.3 Å². The Balaban J connectivity index is 2.09. The topological polar surface area (TPSA) is 95.9 Å². The second-order valence-electron chi connectivity index (χ2n) is 4.91. The van der Waals surface area contributed by atoms with E-state index in [1.165, 1.54) is 12.1 Å². The monoisotopic (exact) mass is 280 g/mol. The Bertz CT molecular complexity index is 481. The molecule has 1 aliphatic rings. The predicted octanol–water partition coefficient (Wildman–Crippen LogP) is 0.681. The van der Waals surface area contributed by atoms with Gasteiger partial charge in [-0.15, -0.1) is 0 Å². The van der Waals surface area contributed by atoms with Gasteiger partial charge in [0.1, 0.15) is 0 Å². The zero-order chi connectivity index (χ0) is 14.5. The van der Waals surface area contributed by atoms with Crippen molar-refractivity contribution in [2.75, 3.05) is 50.0 Å². The van der Waals surface area contributed by atoms with Gasteiger partial charge in [0.15, 0.2) is 0 Å². The largest absolute Gasteiger partial charge is 0.397 e. The Morgan fingerprint density at radius 3 is 2.75 bits per heavy atom. The highest BCUT2D eigenvalue weighted by Crippen LogP contribution is 2.28. The second kappa shape index (κ2) is 6.53. The molecule has 7 heteroatoms. The molecule has 3 N–H and O–H groups in total. The first-order valence-corrected chi connectivity index (χ1v) is 6.74. The second-order valence-corrected chi connectivity index (χ2v) is 4.91. The minimum atomic E-state index is -0.439. The third-order valence-corrected chi connectivity index (χ3v) is 3.57. The number of benzene rings is 1. The fourth-order valence-corrected chi connectivity index (χ4v) is 2.52. The highest BCUT2D eigenvalue weighted by atomic mass is 16.6. The molecular weight excluding hydrogens is 260 g/mol. The van der Waals surface area contributed by atoms with Crippen molar-refractivity contribution in [3.05, 3.63) is 28.3 Å². The molecule has 1 aromatic rings. The summed E-state index contributed by atoms with van der Waals surface area (Å²) in [6.07, 6.45) is 0.983. The van der Waals surface area contributed by atoms with Crippen LogP contribution in [0.5, 0.6) is 0 Å². The van der Waals surface area contributed by atoms with Crippen molar-refractivity contribution in [2.45, 2.75) is 6.42 Å². The van der Waals surface area contributed by atoms with Crippen LogP contribution in [0.15, 0.2) is 18.2 Å². The van der Waals surface area contributed by atoms with Gasteiger partial charge in [-0.05, 0) is 19.0 Å². The van der Waals surface area contributed by atoms with Crippen LogP contribution in [0.25, 0.3) is 0 Å². The van der Waals surface area contributed by atoms with Gasteiger partial charge in [-0.25, -0.2) is 0 Å². The van der Waals surface area contributed by atoms with Gasteiger partial charge < -0.3 is 15.7 Å². The Morgan fingerprint density at radius 1 is 1.30 bits per heavy atom. The van der Waals surface area contributed by atoms with Crippen LogP contribution in [0.1, 0.15) is 6.42 Å². The summed E-state index contributed by atoms with van der Waals surface area (Å²) in [7, 11) is 0. The number of β-amino-alcohol motifs (C(OH)–C–C–N with tert-alkyl or cyclic N) is 1. The van der Waals surface area contributed by atoms with Gasteiger partial charge in [0, 0.05) is 38.3 Å². The third kappa shape index (κ3) is 3.37. The highest BCUT2D eigenvalue weighted by molar-refractivity contribution is 5.70. The summed E-state index contributed by atoms with van der Waals surface area (Å²) in [5.74, 6) is 0. The van der Waals surface area contributed by atoms with Crippen LogP contribution in [0.3, 0.4) is 0 Å². The molecule has 0 radical (unpaired) electrons. The first-order valence-electron chi connectivity index (χ1n) is 6.74. The number of aliphatic hydroxyl groups excluding tert-OH is 1. The van der Waals surface area contributed by atoms with Gasteiger partial charge in [-0.1, -0.05) is 0 Å². The van der Waals surface area contributed by atoms with Gasteiger partial charge in [0.2, 0.25) is 0 Å². The lowest BCUT2D eigenvalue weighted by molar-refractivity contribution is -0.384. The van der Waals surface area contributed by atoms with Crippen LogP contribution < -0.4 is 10.6 Å². The Morgan fingerprint density at radius 2 is 2.10 bits per heavy atom. The lowest BCUT2D eigenvalue weighted by Gasteiger charge is -2.24. The maximum atomic E-state index is 10.7. The van der Waals surface area contributed by atoms with Gasteiger partial charge in [0.05, 0.1) is 22.9 Å². The molecule has 1 saturated heterocycles. The summed E-state index contributed by atoms with van der Waals surface area (Å²) in [5, 5.41) is 19.7. The molecule has 1 aliphatic heterocycles. The minimum absolute atomic E-state index is 0.0166. The normalized spacial score (nSPS) is 16.9. The molecule has 2 rings (SSSR count). The first-order chi connectivity index (χ1) is 9.61. The number of nitrogens with zero attached hydrogens (tertiary/aromatic N) is 3. The minimum Gasteiger partial charge on any atom is -0.397 e. The van der Waals surface area contributed by atoms with E-state index in [1.807, 2.05) is 0 Å². The molecule has 20 heavy (non-hydrogen) atoms. The fourth-order valence-electron chi connectivity index (χ4n) is 2.52. The van der Waals surface area contributed by atoms with Crippen LogP contribution in [0.2, 0.25) is 0 Å². The summed E-state index contributed by atoms with van der Waals surface area (Å²) in [6.45, 7) is 4.33. The van der Waals surface area contributed by atoms with E-state index in [0.717, 1.165) is 38.3 Å². The maximum Gasteiger partial charge on any atom is 0.271 e. The lowest BCUT2D eigenvalue weighted by atomic mass is 10.2. The first kappa shape index (κ1) is 14.5. The number of aliphatic hydroxyl groups is 1. The molecule has 1 fully saturated rings. The number of hydrogen-bond acceptors (Lipinski definition) is 6. The van der Waals surface area contributed by atoms with Crippen LogP contribution in [0.4, 0.5) is 17.1 Å². The lowest BCUT2D eigenvalue weighted by Crippen LogP contribution is -2.32. The highest BCUT2D eigenvalue weighted by Gasteiger charge is 2.18. The smallest absolute Gasteiger partial charge is 0.271 e. The SMILES string of the molecule is Nc1cc([N+](=O)[O-])ccc1N1CCCN(CCO)CC1. The Labute approximate surface area is 117 Å². The van der Waals surface area contributed by atoms with Crippen LogP contribution in [-0.2, 0) is 0 Å². The zero-order valence-corrected chi connectivity index (χ0v) is 11.4. The number of hydrogen-bond donors (Lipinski definition) is 2. The summed E-state index contributed by atoms with van der Waals surface area (Å²) < 4.78 is 0. The van der Waals surface area contributed by atoms with Crippen molar-refractivity contribution >= 4 is 17.1 Å². The molecular formula is C13H20N4O3. The predicted molar refractivity (Wildman–Crippen MR) is 77.9 cm³/mol. The van der Waals surface area contributed by atoms with Crippen molar-refractivity contribution in [2.24, 2.45) is 0 Å². The number of rotatable bonds is 4. The van der Waals surface area contributed by atoms with Crippen molar-refractivity contribution < 1.29 is 10.0 Å². The molecule has 0 bridgehead atoms. The van der Waals surface area contributed by atoms with Crippen molar-refractivity contribution in [1.82, 2.24) is 4.90 Å². The maximum absolute atomic E-state index is 10.7. The summed E-state index contributed by atoms with van der Waals surface area (Å²) >= 11 is 0. The van der Waals surface area contributed by atoms with Crippen LogP contribution in [0, 0.1) is 10.1 Å². The van der Waals surface area contributed by atoms with Gasteiger partial charge in [0.25, 0.3) is 5.69 Å². The molecule has 0 aromatic heterocycles. The standard InChI is InChI=1S/C13H20N4O3/c14-12-10-11(17(19)20)2-3-13(12)16-5-1-4-15(6-7-16)8-9-18/h2-3,10,18H,1,4-9,14H2. The third-order valence-electron chi connectivity index (χ3n) is 3.57. The van der Waals surface area contributed by atoms with E-state index < -0.39 is 4.92 Å².